The molecule has 0 saturated carbocycles. The summed E-state index contributed by atoms with van der Waals surface area (Å²) in [6, 6.07) is 41.5. The van der Waals surface area contributed by atoms with Crippen LogP contribution in [0.4, 0.5) is 22.2 Å². The lowest BCUT2D eigenvalue weighted by Gasteiger charge is -2.37. The van der Waals surface area contributed by atoms with Crippen molar-refractivity contribution in [2.24, 2.45) is 0 Å². The molecule has 1 unspecified atom stereocenters. The summed E-state index contributed by atoms with van der Waals surface area (Å²) >= 11 is 0. The molecule has 15 heteroatoms. The quantitative estimate of drug-likeness (QED) is 0.0729. The lowest BCUT2D eigenvalue weighted by atomic mass is 9.80. The van der Waals surface area contributed by atoms with Crippen LogP contribution in [-0.2, 0) is 24.6 Å². The lowest BCUT2D eigenvalue weighted by Crippen LogP contribution is -2.39. The van der Waals surface area contributed by atoms with Crippen molar-refractivity contribution in [3.05, 3.63) is 166 Å². The van der Waals surface area contributed by atoms with Crippen LogP contribution in [0.5, 0.6) is 11.5 Å². The minimum atomic E-state index is -1.13. The van der Waals surface area contributed by atoms with Gasteiger partial charge in [0.1, 0.15) is 41.7 Å². The van der Waals surface area contributed by atoms with Gasteiger partial charge in [-0.15, -0.1) is 0 Å². The number of hydrogen-bond donors (Lipinski definition) is 4. The molecule has 5 aromatic carbocycles. The number of H-pyrrole nitrogens is 1. The van der Waals surface area contributed by atoms with Crippen molar-refractivity contribution in [3.8, 4) is 22.6 Å². The third-order valence-electron chi connectivity index (χ3n) is 12.6. The standard InChI is InChI=1S/C51H52N6O9/c1-56(50(61)64-29-41-39-16-9-7-14-37(39)38-15-8-10-17-40(38)41)27-11-18-44(59)53-49-54-47-46(48(60)55-49)52-31-57(47)45-28-42(58)43(66-45)30-65-51(32-12-5-4-6-13-32,33-19-23-35(62-2)24-20-33)34-21-25-36(63-3)26-22-34/h4-10,12-17,19-26,41-43,45,52,58H,11,18,27-31H2,1-3H3,(H2,53,54,55,59,60)/t42?,43-,45-/m1/s1. The molecule has 3 atom stereocenters. The second-order valence-corrected chi connectivity index (χ2v) is 16.5. The molecule has 2 amide bonds. The first kappa shape index (κ1) is 44.0. The molecule has 0 spiro atoms. The number of hydrogen-bond acceptors (Lipinski definition) is 12. The number of ether oxygens (including phenoxy) is 5. The van der Waals surface area contributed by atoms with Crippen molar-refractivity contribution in [1.82, 2.24) is 14.9 Å². The second-order valence-electron chi connectivity index (χ2n) is 16.5. The molecule has 1 aliphatic carbocycles. The first-order chi connectivity index (χ1) is 32.2. The van der Waals surface area contributed by atoms with Gasteiger partial charge in [-0.3, -0.25) is 19.9 Å². The van der Waals surface area contributed by atoms with Crippen LogP contribution in [0, 0.1) is 0 Å². The molecule has 3 aliphatic rings. The van der Waals surface area contributed by atoms with Gasteiger partial charge in [-0.2, -0.15) is 4.98 Å². The van der Waals surface area contributed by atoms with Crippen molar-refractivity contribution in [1.29, 1.82) is 0 Å². The molecule has 6 aromatic rings. The van der Waals surface area contributed by atoms with E-state index in [1.165, 1.54) is 4.90 Å². The van der Waals surface area contributed by atoms with E-state index in [0.717, 1.165) is 38.9 Å². The van der Waals surface area contributed by atoms with Crippen LogP contribution < -0.4 is 30.6 Å². The number of fused-ring (bicyclic) bond motifs is 4. The van der Waals surface area contributed by atoms with E-state index in [0.29, 0.717) is 17.9 Å². The summed E-state index contributed by atoms with van der Waals surface area (Å²) in [4.78, 5) is 49.9. The van der Waals surface area contributed by atoms with Crippen molar-refractivity contribution in [3.63, 3.8) is 0 Å². The number of aromatic amines is 1. The van der Waals surface area contributed by atoms with Gasteiger partial charge in [-0.1, -0.05) is 103 Å². The van der Waals surface area contributed by atoms with Crippen LogP contribution in [0.25, 0.3) is 11.1 Å². The van der Waals surface area contributed by atoms with Gasteiger partial charge in [-0.05, 0) is 69.6 Å². The highest BCUT2D eigenvalue weighted by atomic mass is 16.6. The summed E-state index contributed by atoms with van der Waals surface area (Å²) in [5.74, 6) is 1.18. The van der Waals surface area contributed by atoms with Gasteiger partial charge in [0.05, 0.1) is 33.6 Å². The van der Waals surface area contributed by atoms with E-state index in [-0.39, 0.29) is 62.6 Å². The predicted octanol–water partition coefficient (Wildman–Crippen LogP) is 7.06. The predicted molar refractivity (Wildman–Crippen MR) is 249 cm³/mol. The molecule has 66 heavy (non-hydrogen) atoms. The van der Waals surface area contributed by atoms with Crippen LogP contribution in [0.2, 0.25) is 0 Å². The first-order valence-corrected chi connectivity index (χ1v) is 22.0. The van der Waals surface area contributed by atoms with E-state index >= 15 is 0 Å². The maximum absolute atomic E-state index is 13.3. The van der Waals surface area contributed by atoms with E-state index < -0.39 is 41.6 Å². The van der Waals surface area contributed by atoms with E-state index in [9.17, 15) is 19.5 Å². The fourth-order valence-electron chi connectivity index (χ4n) is 9.17. The number of nitrogens with one attached hydrogen (secondary N) is 3. The molecule has 0 bridgehead atoms. The van der Waals surface area contributed by atoms with E-state index in [4.69, 9.17) is 23.7 Å². The molecule has 0 radical (unpaired) electrons. The van der Waals surface area contributed by atoms with Gasteiger partial charge in [-0.25, -0.2) is 4.79 Å². The fourth-order valence-corrected chi connectivity index (χ4v) is 9.17. The Morgan fingerprint density at radius 2 is 1.42 bits per heavy atom. The van der Waals surface area contributed by atoms with Gasteiger partial charge >= 0.3 is 6.09 Å². The van der Waals surface area contributed by atoms with E-state index in [2.05, 4.69) is 44.9 Å². The Labute approximate surface area is 382 Å². The maximum Gasteiger partial charge on any atom is 0.409 e. The zero-order valence-electron chi connectivity index (χ0n) is 36.9. The summed E-state index contributed by atoms with van der Waals surface area (Å²) in [7, 11) is 4.87. The molecular formula is C51H52N6O9. The second kappa shape index (κ2) is 19.1. The number of anilines is 3. The van der Waals surface area contributed by atoms with Gasteiger partial charge in [0, 0.05) is 32.4 Å². The fraction of sp³-hybridized carbons (Fsp3) is 0.294. The minimum absolute atomic E-state index is 0.000656. The number of amides is 2. The third kappa shape index (κ3) is 8.67. The summed E-state index contributed by atoms with van der Waals surface area (Å²) in [6.45, 7) is 0.653. The number of benzene rings is 5. The zero-order chi connectivity index (χ0) is 45.8. The number of rotatable bonds is 16. The Bertz CT molecular complexity index is 2640. The van der Waals surface area contributed by atoms with E-state index in [1.807, 2.05) is 103 Å². The maximum atomic E-state index is 13.3. The molecule has 9 rings (SSSR count). The normalized spacial score (nSPS) is 17.3. The average Bonchev–Trinajstić information content (AvgIpc) is 4.04. The van der Waals surface area contributed by atoms with Crippen LogP contribution >= 0.6 is 0 Å². The minimum Gasteiger partial charge on any atom is -0.497 e. The third-order valence-corrected chi connectivity index (χ3v) is 12.6. The van der Waals surface area contributed by atoms with Crippen molar-refractivity contribution >= 4 is 29.5 Å². The molecule has 1 aromatic heterocycles. The van der Waals surface area contributed by atoms with Crippen molar-refractivity contribution in [2.45, 2.75) is 49.2 Å². The number of aromatic nitrogens is 2. The molecule has 15 nitrogen and oxygen atoms in total. The number of nitrogens with zero attached hydrogens (tertiary/aromatic N) is 3. The lowest BCUT2D eigenvalue weighted by molar-refractivity contribution is -0.116. The Kier molecular flexibility index (Phi) is 12.7. The highest BCUT2D eigenvalue weighted by Crippen LogP contribution is 2.45. The van der Waals surface area contributed by atoms with Gasteiger partial charge in [0.15, 0.2) is 5.82 Å². The molecule has 340 valence electrons. The van der Waals surface area contributed by atoms with Crippen LogP contribution in [0.3, 0.4) is 0 Å². The summed E-state index contributed by atoms with van der Waals surface area (Å²) in [6.07, 6.45) is -2.24. The SMILES string of the molecule is COc1ccc(C(OC[C@H]2O[C@@H](N3CNc4c3nc(NC(=O)CCCN(C)C(=O)OCC3c5ccccc5-c5ccccc53)[nH]c4=O)CC2O)(c2ccccc2)c2ccc(OC)cc2)cc1. The number of aliphatic hydroxyl groups excluding tert-OH is 1. The van der Waals surface area contributed by atoms with Gasteiger partial charge < -0.3 is 43.9 Å². The topological polar surface area (TPSA) is 177 Å². The monoisotopic (exact) mass is 892 g/mol. The summed E-state index contributed by atoms with van der Waals surface area (Å²) < 4.78 is 30.3. The number of methoxy groups -OCH3 is 2. The van der Waals surface area contributed by atoms with Gasteiger partial charge in [0.2, 0.25) is 11.9 Å². The number of aliphatic hydroxyl groups is 1. The highest BCUT2D eigenvalue weighted by Gasteiger charge is 2.44. The van der Waals surface area contributed by atoms with Gasteiger partial charge in [0.25, 0.3) is 5.56 Å². The molecule has 4 N–H and O–H groups in total. The molecule has 1 fully saturated rings. The van der Waals surface area contributed by atoms with Crippen LogP contribution in [0.1, 0.15) is 53.0 Å². The zero-order valence-corrected chi connectivity index (χ0v) is 36.9. The van der Waals surface area contributed by atoms with Crippen LogP contribution in [0.15, 0.2) is 132 Å². The smallest absolute Gasteiger partial charge is 0.409 e. The molecule has 3 heterocycles. The van der Waals surface area contributed by atoms with Crippen molar-refractivity contribution in [2.75, 3.05) is 63.2 Å². The van der Waals surface area contributed by atoms with E-state index in [1.54, 1.807) is 26.2 Å². The molecule has 1 saturated heterocycles. The van der Waals surface area contributed by atoms with Crippen molar-refractivity contribution < 1.29 is 38.4 Å². The Morgan fingerprint density at radius 1 is 0.833 bits per heavy atom. The Morgan fingerprint density at radius 3 is 2.05 bits per heavy atom. The average molecular weight is 893 g/mol. The summed E-state index contributed by atoms with van der Waals surface area (Å²) in [5.41, 5.74) is 5.71. The highest BCUT2D eigenvalue weighted by molar-refractivity contribution is 5.89. The number of carbonyl (C=O) groups excluding carboxylic acids is 2. The molecular weight excluding hydrogens is 841 g/mol. The Balaban J connectivity index is 0.829. The summed E-state index contributed by atoms with van der Waals surface area (Å²) in [5, 5.41) is 17.3. The number of carbonyl (C=O) groups is 2. The largest absolute Gasteiger partial charge is 0.497 e. The van der Waals surface area contributed by atoms with Crippen LogP contribution in [-0.4, -0.2) is 98.1 Å². The Hall–Kier alpha value is -7.20. The first-order valence-electron chi connectivity index (χ1n) is 22.0. The molecule has 2 aliphatic heterocycles.